The first-order valence-electron chi connectivity index (χ1n) is 8.32. The van der Waals surface area contributed by atoms with Crippen LogP contribution in [0.3, 0.4) is 0 Å². The highest BCUT2D eigenvalue weighted by molar-refractivity contribution is 5.84. The average molecular weight is 355 g/mol. The Morgan fingerprint density at radius 1 is 1.23 bits per heavy atom. The van der Waals surface area contributed by atoms with E-state index in [1.807, 2.05) is 0 Å². The second kappa shape index (κ2) is 6.19. The number of pyridine rings is 2. The van der Waals surface area contributed by atoms with E-state index in [9.17, 15) is 19.4 Å². The molecule has 0 spiro atoms. The minimum Gasteiger partial charge on any atom is -0.504 e. The van der Waals surface area contributed by atoms with Crippen molar-refractivity contribution < 1.29 is 14.6 Å². The van der Waals surface area contributed by atoms with Gasteiger partial charge in [0, 0.05) is 19.3 Å². The Labute approximate surface area is 148 Å². The van der Waals surface area contributed by atoms with Crippen molar-refractivity contribution in [1.29, 1.82) is 0 Å². The van der Waals surface area contributed by atoms with Crippen molar-refractivity contribution in [2.24, 2.45) is 0 Å². The summed E-state index contributed by atoms with van der Waals surface area (Å²) in [4.78, 5) is 18.8. The van der Waals surface area contributed by atoms with Crippen LogP contribution in [0.4, 0.5) is 4.39 Å². The van der Waals surface area contributed by atoms with Gasteiger partial charge in [-0.25, -0.2) is 4.39 Å². The summed E-state index contributed by atoms with van der Waals surface area (Å²) in [5.41, 5.74) is 1.75. The molecule has 0 bridgehead atoms. The van der Waals surface area contributed by atoms with Gasteiger partial charge in [-0.3, -0.25) is 14.7 Å². The normalized spacial score (nSPS) is 17.4. The molecule has 6 nitrogen and oxygen atoms in total. The number of aliphatic hydroxyl groups excluding tert-OH is 1. The number of hydrogen-bond donors (Lipinski definition) is 2. The van der Waals surface area contributed by atoms with E-state index in [4.69, 9.17) is 0 Å². The summed E-state index contributed by atoms with van der Waals surface area (Å²) in [6.45, 7) is 0.884. The first-order chi connectivity index (χ1) is 12.5. The zero-order chi connectivity index (χ0) is 18.4. The van der Waals surface area contributed by atoms with Gasteiger partial charge in [-0.15, -0.1) is 0 Å². The maximum absolute atomic E-state index is 13.0. The largest absolute Gasteiger partial charge is 0.504 e. The molecule has 1 aromatic carbocycles. The first-order valence-corrected chi connectivity index (χ1v) is 8.32. The van der Waals surface area contributed by atoms with Gasteiger partial charge in [0.1, 0.15) is 17.0 Å². The fourth-order valence-electron chi connectivity index (χ4n) is 3.37. The molecule has 26 heavy (non-hydrogen) atoms. The summed E-state index contributed by atoms with van der Waals surface area (Å²) < 4.78 is 14.5. The van der Waals surface area contributed by atoms with E-state index in [1.54, 1.807) is 36.3 Å². The van der Waals surface area contributed by atoms with Crippen LogP contribution in [0.5, 0.6) is 5.75 Å². The smallest absolute Gasteiger partial charge is 0.260 e. The average Bonchev–Trinajstić information content (AvgIpc) is 2.64. The third-order valence-corrected chi connectivity index (χ3v) is 4.84. The van der Waals surface area contributed by atoms with Crippen LogP contribution >= 0.6 is 0 Å². The fourth-order valence-corrected chi connectivity index (χ4v) is 3.37. The van der Waals surface area contributed by atoms with Crippen LogP contribution in [0.2, 0.25) is 0 Å². The Bertz CT molecular complexity index is 1050. The van der Waals surface area contributed by atoms with Gasteiger partial charge < -0.3 is 14.8 Å². The standard InChI is InChI=1S/C19H18FN3O3/c1-22-6-7-23-16(19(22)26)17(24)15-14(18(23)25)9-12(10-21-15)8-11-2-4-13(20)5-3-11/h2-5,9-10,19,24,26H,6-8H2,1H3. The maximum Gasteiger partial charge on any atom is 0.260 e. The van der Waals surface area contributed by atoms with Crippen LogP contribution in [0.1, 0.15) is 23.0 Å². The highest BCUT2D eigenvalue weighted by Gasteiger charge is 2.29. The quantitative estimate of drug-likeness (QED) is 0.733. The maximum atomic E-state index is 13.0. The molecule has 3 heterocycles. The van der Waals surface area contributed by atoms with Gasteiger partial charge in [-0.05, 0) is 42.8 Å². The van der Waals surface area contributed by atoms with Crippen molar-refractivity contribution in [3.63, 3.8) is 0 Å². The molecule has 0 amide bonds. The lowest BCUT2D eigenvalue weighted by molar-refractivity contribution is -0.00606. The molecule has 4 rings (SSSR count). The van der Waals surface area contributed by atoms with Gasteiger partial charge >= 0.3 is 0 Å². The monoisotopic (exact) mass is 355 g/mol. The van der Waals surface area contributed by atoms with E-state index in [1.165, 1.54) is 16.7 Å². The fraction of sp³-hybridized carbons (Fsp3) is 0.263. The Morgan fingerprint density at radius 3 is 2.69 bits per heavy atom. The Morgan fingerprint density at radius 2 is 1.96 bits per heavy atom. The number of aromatic hydroxyl groups is 1. The number of benzene rings is 1. The number of aromatic nitrogens is 2. The third kappa shape index (κ3) is 2.65. The minimum atomic E-state index is -1.05. The van der Waals surface area contributed by atoms with Crippen molar-refractivity contribution >= 4 is 10.9 Å². The topological polar surface area (TPSA) is 78.6 Å². The number of aliphatic hydroxyl groups is 1. The molecule has 0 saturated heterocycles. The molecule has 1 aliphatic heterocycles. The van der Waals surface area contributed by atoms with Crippen molar-refractivity contribution in [3.05, 3.63) is 69.5 Å². The molecule has 0 radical (unpaired) electrons. The van der Waals surface area contributed by atoms with Crippen LogP contribution in [-0.4, -0.2) is 38.3 Å². The molecule has 0 aliphatic carbocycles. The molecule has 0 saturated carbocycles. The second-order valence-electron chi connectivity index (χ2n) is 6.59. The summed E-state index contributed by atoms with van der Waals surface area (Å²) in [5.74, 6) is -0.476. The highest BCUT2D eigenvalue weighted by atomic mass is 19.1. The minimum absolute atomic E-state index is 0.174. The predicted octanol–water partition coefficient (Wildman–Crippen LogP) is 1.77. The second-order valence-corrected chi connectivity index (χ2v) is 6.59. The van der Waals surface area contributed by atoms with Crippen LogP contribution in [0.15, 0.2) is 41.3 Å². The van der Waals surface area contributed by atoms with Gasteiger partial charge in [0.15, 0.2) is 12.0 Å². The Hall–Kier alpha value is -2.77. The lowest BCUT2D eigenvalue weighted by Gasteiger charge is -2.32. The Kier molecular flexibility index (Phi) is 3.97. The van der Waals surface area contributed by atoms with Crippen LogP contribution in [0.25, 0.3) is 10.9 Å². The number of likely N-dealkylation sites (N-methyl/N-ethyl adjacent to an activating group) is 1. The van der Waals surface area contributed by atoms with Crippen LogP contribution in [0, 0.1) is 5.82 Å². The molecule has 2 aromatic heterocycles. The summed E-state index contributed by atoms with van der Waals surface area (Å²) in [6.07, 6.45) is 1.03. The molecule has 2 N–H and O–H groups in total. The summed E-state index contributed by atoms with van der Waals surface area (Å²) >= 11 is 0. The van der Waals surface area contributed by atoms with Gasteiger partial charge in [-0.1, -0.05) is 12.1 Å². The van der Waals surface area contributed by atoms with E-state index in [0.29, 0.717) is 24.9 Å². The van der Waals surface area contributed by atoms with Crippen molar-refractivity contribution in [3.8, 4) is 5.75 Å². The zero-order valence-electron chi connectivity index (χ0n) is 14.2. The number of fused-ring (bicyclic) bond motifs is 2. The van der Waals surface area contributed by atoms with Gasteiger partial charge in [0.2, 0.25) is 0 Å². The van der Waals surface area contributed by atoms with Crippen molar-refractivity contribution in [2.45, 2.75) is 19.2 Å². The number of nitrogens with zero attached hydrogens (tertiary/aromatic N) is 3. The summed E-state index contributed by atoms with van der Waals surface area (Å²) in [5, 5.41) is 21.2. The lowest BCUT2D eigenvalue weighted by atomic mass is 10.0. The van der Waals surface area contributed by atoms with E-state index >= 15 is 0 Å². The number of rotatable bonds is 2. The van der Waals surface area contributed by atoms with Crippen molar-refractivity contribution in [1.82, 2.24) is 14.5 Å². The summed E-state index contributed by atoms with van der Waals surface area (Å²) in [7, 11) is 1.72. The lowest BCUT2D eigenvalue weighted by Crippen LogP contribution is -2.40. The molecule has 1 aliphatic rings. The first kappa shape index (κ1) is 16.7. The van der Waals surface area contributed by atoms with Gasteiger partial charge in [0.25, 0.3) is 5.56 Å². The van der Waals surface area contributed by atoms with Crippen LogP contribution in [-0.2, 0) is 13.0 Å². The van der Waals surface area contributed by atoms with Crippen LogP contribution < -0.4 is 5.56 Å². The number of hydrogen-bond acceptors (Lipinski definition) is 5. The molecule has 7 heteroatoms. The van der Waals surface area contributed by atoms with Gasteiger partial charge in [0.05, 0.1) is 5.39 Å². The third-order valence-electron chi connectivity index (χ3n) is 4.84. The molecule has 1 unspecified atom stereocenters. The van der Waals surface area contributed by atoms with E-state index in [0.717, 1.165) is 11.1 Å². The summed E-state index contributed by atoms with van der Waals surface area (Å²) in [6, 6.07) is 7.84. The van der Waals surface area contributed by atoms with E-state index < -0.39 is 6.23 Å². The zero-order valence-corrected chi connectivity index (χ0v) is 14.2. The molecule has 3 aromatic rings. The van der Waals surface area contributed by atoms with Gasteiger partial charge in [-0.2, -0.15) is 0 Å². The SMILES string of the molecule is CN1CCn2c(c(O)c3ncc(Cc4ccc(F)cc4)cc3c2=O)C1O. The predicted molar refractivity (Wildman–Crippen MR) is 94.5 cm³/mol. The van der Waals surface area contributed by atoms with E-state index in [-0.39, 0.29) is 28.3 Å². The number of halogens is 1. The molecule has 134 valence electrons. The van der Waals surface area contributed by atoms with Crippen molar-refractivity contribution in [2.75, 3.05) is 13.6 Å². The molecular weight excluding hydrogens is 337 g/mol. The Balaban J connectivity index is 1.83. The molecule has 1 atom stereocenters. The molecular formula is C19H18FN3O3. The highest BCUT2D eigenvalue weighted by Crippen LogP contribution is 2.33. The van der Waals surface area contributed by atoms with E-state index in [2.05, 4.69) is 4.98 Å². The molecule has 0 fully saturated rings.